The van der Waals surface area contributed by atoms with Crippen LogP contribution in [0.2, 0.25) is 0 Å². The lowest BCUT2D eigenvalue weighted by Crippen LogP contribution is -2.58. The van der Waals surface area contributed by atoms with Crippen molar-refractivity contribution in [2.24, 2.45) is 0 Å². The van der Waals surface area contributed by atoms with Gasteiger partial charge in [0.05, 0.1) is 17.9 Å². The molecule has 0 unspecified atom stereocenters. The van der Waals surface area contributed by atoms with Gasteiger partial charge in [-0.15, -0.1) is 0 Å². The van der Waals surface area contributed by atoms with E-state index in [9.17, 15) is 9.18 Å². The number of benzene rings is 2. The molecule has 0 saturated carbocycles. The van der Waals surface area contributed by atoms with Crippen LogP contribution in [0, 0.1) is 5.82 Å². The Bertz CT molecular complexity index is 944. The van der Waals surface area contributed by atoms with E-state index in [1.54, 1.807) is 0 Å². The number of hydrogen-bond acceptors (Lipinski definition) is 3. The maximum atomic E-state index is 13.2. The maximum absolute atomic E-state index is 13.2. The van der Waals surface area contributed by atoms with Gasteiger partial charge in [-0.2, -0.15) is 0 Å². The summed E-state index contributed by atoms with van der Waals surface area (Å²) in [7, 11) is 0. The van der Waals surface area contributed by atoms with Gasteiger partial charge in [0.2, 0.25) is 0 Å². The largest absolute Gasteiger partial charge is 0.481 e. The molecule has 4 nitrogen and oxygen atoms in total. The van der Waals surface area contributed by atoms with Crippen LogP contribution in [0.25, 0.3) is 0 Å². The Balaban J connectivity index is 1.64. The molecule has 0 bridgehead atoms. The molecule has 0 N–H and O–H groups in total. The average molecular weight is 751 g/mol. The van der Waals surface area contributed by atoms with E-state index >= 15 is 0 Å². The minimum Gasteiger partial charge on any atom is -0.481 e. The molecule has 0 radical (unpaired) electrons. The normalized spacial score (nSPS) is 19.5. The van der Waals surface area contributed by atoms with Crippen molar-refractivity contribution in [3.63, 3.8) is 0 Å². The van der Waals surface area contributed by atoms with Gasteiger partial charge >= 0.3 is 0 Å². The molecule has 0 aliphatic carbocycles. The fourth-order valence-corrected chi connectivity index (χ4v) is 6.76. The smallest absolute Gasteiger partial charge is 0.260 e. The third kappa shape index (κ3) is 5.93. The number of carbonyl (C=O) groups is 1. The fourth-order valence-electron chi connectivity index (χ4n) is 3.52. The number of carbonyl (C=O) groups excluding carboxylic acids is 1. The van der Waals surface area contributed by atoms with Crippen LogP contribution in [0.5, 0.6) is 5.75 Å². The van der Waals surface area contributed by atoms with Crippen molar-refractivity contribution >= 4 is 85.6 Å². The van der Waals surface area contributed by atoms with E-state index in [4.69, 9.17) is 4.74 Å². The molecule has 2 aromatic carbocycles. The molecule has 3 rings (SSSR count). The molecule has 0 aromatic heterocycles. The highest BCUT2D eigenvalue weighted by atomic mass is 79.9. The molecule has 1 aliphatic heterocycles. The number of piperazine rings is 1. The summed E-state index contributed by atoms with van der Waals surface area (Å²) < 4.78 is 22.9. The van der Waals surface area contributed by atoms with E-state index in [2.05, 4.69) is 91.5 Å². The monoisotopic (exact) mass is 746 g/mol. The third-order valence-corrected chi connectivity index (χ3v) is 11.3. The lowest BCUT2D eigenvalue weighted by molar-refractivity contribution is -0.139. The summed E-state index contributed by atoms with van der Waals surface area (Å²) in [6, 6.07) is 6.80. The molecule has 1 heterocycles. The van der Waals surface area contributed by atoms with Crippen LogP contribution >= 0.6 is 79.6 Å². The molecule has 31 heavy (non-hydrogen) atoms. The Morgan fingerprint density at radius 2 is 1.48 bits per heavy atom. The number of hydrogen-bond donors (Lipinski definition) is 0. The van der Waals surface area contributed by atoms with Gasteiger partial charge in [0, 0.05) is 36.2 Å². The van der Waals surface area contributed by atoms with Crippen LogP contribution < -0.4 is 4.74 Å². The quantitative estimate of drug-likeness (QED) is 0.241. The lowest BCUT2D eigenvalue weighted by atomic mass is 10.1. The van der Waals surface area contributed by atoms with Crippen molar-refractivity contribution in [3.05, 3.63) is 58.0 Å². The van der Waals surface area contributed by atoms with Crippen molar-refractivity contribution in [2.75, 3.05) is 19.7 Å². The molecule has 1 amide bonds. The molecule has 1 fully saturated rings. The summed E-state index contributed by atoms with van der Waals surface area (Å²) in [6.07, 6.45) is 0. The minimum atomic E-state index is -0.233. The van der Waals surface area contributed by atoms with Crippen LogP contribution in [0.4, 0.5) is 4.39 Å². The maximum Gasteiger partial charge on any atom is 0.260 e. The van der Waals surface area contributed by atoms with E-state index in [1.165, 1.54) is 12.1 Å². The Morgan fingerprint density at radius 1 is 0.935 bits per heavy atom. The first-order valence-corrected chi connectivity index (χ1v) is 13.5. The Morgan fingerprint density at radius 3 is 2.06 bits per heavy atom. The lowest BCUT2D eigenvalue weighted by Gasteiger charge is -2.44. The highest BCUT2D eigenvalue weighted by Crippen LogP contribution is 2.48. The van der Waals surface area contributed by atoms with Crippen LogP contribution in [-0.4, -0.2) is 47.5 Å². The number of ether oxygens (including phenoxy) is 1. The summed E-state index contributed by atoms with van der Waals surface area (Å²) in [5.41, 5.74) is 1.06. The van der Waals surface area contributed by atoms with E-state index in [0.29, 0.717) is 21.2 Å². The molecule has 1 aliphatic rings. The van der Waals surface area contributed by atoms with Gasteiger partial charge in [-0.1, -0.05) is 12.1 Å². The second-order valence-electron chi connectivity index (χ2n) is 7.49. The third-order valence-electron chi connectivity index (χ3n) is 5.24. The van der Waals surface area contributed by atoms with Gasteiger partial charge in [-0.25, -0.2) is 4.39 Å². The second kappa shape index (κ2) is 11.0. The highest BCUT2D eigenvalue weighted by Gasteiger charge is 2.32. The number of nitrogens with zero attached hydrogens (tertiary/aromatic N) is 2. The van der Waals surface area contributed by atoms with Crippen LogP contribution in [0.15, 0.2) is 46.6 Å². The molecular weight excluding hydrogens is 731 g/mol. The van der Waals surface area contributed by atoms with Gasteiger partial charge in [0.1, 0.15) is 5.82 Å². The Kier molecular flexibility index (Phi) is 9.05. The topological polar surface area (TPSA) is 32.8 Å². The molecular formula is C21H20Br5FN2O2. The molecule has 168 valence electrons. The van der Waals surface area contributed by atoms with Gasteiger partial charge in [0.25, 0.3) is 5.91 Å². The summed E-state index contributed by atoms with van der Waals surface area (Å²) in [6.45, 7) is 6.16. The first kappa shape index (κ1) is 25.6. The summed E-state index contributed by atoms with van der Waals surface area (Å²) in [5.74, 6) is 0.254. The number of amides is 1. The van der Waals surface area contributed by atoms with Crippen molar-refractivity contribution in [1.29, 1.82) is 0 Å². The van der Waals surface area contributed by atoms with Gasteiger partial charge in [0.15, 0.2) is 12.4 Å². The molecule has 2 atom stereocenters. The van der Waals surface area contributed by atoms with Crippen molar-refractivity contribution < 1.29 is 13.9 Å². The van der Waals surface area contributed by atoms with E-state index < -0.39 is 0 Å². The first-order valence-electron chi connectivity index (χ1n) is 9.52. The standard InChI is InChI=1S/C21H20Br5FN2O2/c1-11-8-29(12(2)7-28(11)9-13-3-5-14(27)6-4-13)15(30)10-31-21-19(25)17(23)16(22)18(24)20(21)26/h3-6,11-12H,7-10H2,1-2H3/t11-,12+/m0/s1. The Labute approximate surface area is 223 Å². The van der Waals surface area contributed by atoms with E-state index in [-0.39, 0.29) is 30.4 Å². The zero-order chi connectivity index (χ0) is 22.9. The summed E-state index contributed by atoms with van der Waals surface area (Å²) in [4.78, 5) is 17.2. The predicted molar refractivity (Wildman–Crippen MR) is 138 cm³/mol. The van der Waals surface area contributed by atoms with Crippen LogP contribution in [0.1, 0.15) is 19.4 Å². The van der Waals surface area contributed by atoms with Gasteiger partial charge in [-0.3, -0.25) is 9.69 Å². The molecule has 2 aromatic rings. The minimum absolute atomic E-state index is 0.0445. The van der Waals surface area contributed by atoms with E-state index in [1.807, 2.05) is 24.0 Å². The summed E-state index contributed by atoms with van der Waals surface area (Å²) in [5, 5.41) is 0. The first-order chi connectivity index (χ1) is 14.6. The average Bonchev–Trinajstić information content (AvgIpc) is 2.74. The van der Waals surface area contributed by atoms with Crippen LogP contribution in [0.3, 0.4) is 0 Å². The Hall–Kier alpha value is 0.000000000000000222. The van der Waals surface area contributed by atoms with Crippen molar-refractivity contribution in [3.8, 4) is 5.75 Å². The van der Waals surface area contributed by atoms with Gasteiger partial charge in [-0.05, 0) is 111 Å². The summed E-state index contributed by atoms with van der Waals surface area (Å²) >= 11 is 17.6. The van der Waals surface area contributed by atoms with E-state index in [0.717, 1.165) is 32.1 Å². The number of rotatable bonds is 5. The van der Waals surface area contributed by atoms with Gasteiger partial charge < -0.3 is 9.64 Å². The zero-order valence-corrected chi connectivity index (χ0v) is 24.7. The number of halogens is 6. The SMILES string of the molecule is C[C@@H]1CN(Cc2ccc(F)cc2)[C@@H](C)CN1C(=O)COc1c(Br)c(Br)c(Br)c(Br)c1Br. The van der Waals surface area contributed by atoms with Crippen LogP contribution in [-0.2, 0) is 11.3 Å². The predicted octanol–water partition coefficient (Wildman–Crippen LogP) is 7.14. The fraction of sp³-hybridized carbons (Fsp3) is 0.381. The zero-order valence-electron chi connectivity index (χ0n) is 16.8. The molecule has 0 spiro atoms. The highest BCUT2D eigenvalue weighted by molar-refractivity contribution is 9.15. The second-order valence-corrected chi connectivity index (χ2v) is 11.5. The van der Waals surface area contributed by atoms with Crippen molar-refractivity contribution in [1.82, 2.24) is 9.80 Å². The molecule has 1 saturated heterocycles. The molecule has 10 heteroatoms. The van der Waals surface area contributed by atoms with Crippen molar-refractivity contribution in [2.45, 2.75) is 32.5 Å².